The van der Waals surface area contributed by atoms with Crippen LogP contribution in [0, 0.1) is 5.82 Å². The lowest BCUT2D eigenvalue weighted by molar-refractivity contribution is 0.473. The Bertz CT molecular complexity index is 1200. The lowest BCUT2D eigenvalue weighted by Crippen LogP contribution is -2.25. The molecule has 0 bridgehead atoms. The van der Waals surface area contributed by atoms with E-state index in [0.717, 1.165) is 16.7 Å². The summed E-state index contributed by atoms with van der Waals surface area (Å²) in [5, 5.41) is 9.54. The molecule has 29 heavy (non-hydrogen) atoms. The highest BCUT2D eigenvalue weighted by molar-refractivity contribution is 7.91. The maximum Gasteiger partial charge on any atom is 0.182 e. The fraction of sp³-hybridized carbons (Fsp3) is 0.130. The van der Waals surface area contributed by atoms with E-state index < -0.39 is 9.84 Å². The lowest BCUT2D eigenvalue weighted by atomic mass is 9.89. The lowest BCUT2D eigenvalue weighted by Gasteiger charge is -2.36. The fourth-order valence-corrected chi connectivity index (χ4v) is 4.80. The topological polar surface area (TPSA) is 57.6 Å². The second-order valence-electron chi connectivity index (χ2n) is 7.00. The van der Waals surface area contributed by atoms with E-state index in [-0.39, 0.29) is 28.3 Å². The van der Waals surface area contributed by atoms with Gasteiger partial charge in [-0.2, -0.15) is 0 Å². The average Bonchev–Trinajstić information content (AvgIpc) is 2.70. The maximum absolute atomic E-state index is 14.0. The number of phenolic OH excluding ortho intramolecular Hbond substituents is 1. The van der Waals surface area contributed by atoms with Crippen LogP contribution in [0.3, 0.4) is 0 Å². The molecule has 1 aliphatic rings. The summed E-state index contributed by atoms with van der Waals surface area (Å²) < 4.78 is 39.1. The van der Waals surface area contributed by atoms with Crippen molar-refractivity contribution in [1.29, 1.82) is 0 Å². The molecular weight excluding hydrogens is 389 g/mol. The number of halogens is 1. The first-order chi connectivity index (χ1) is 13.9. The molecule has 3 aromatic carbocycles. The molecule has 1 atom stereocenters. The summed E-state index contributed by atoms with van der Waals surface area (Å²) in [7, 11) is -3.59. The van der Waals surface area contributed by atoms with E-state index in [1.54, 1.807) is 18.3 Å². The van der Waals surface area contributed by atoms with Crippen molar-refractivity contribution in [3.8, 4) is 16.9 Å². The zero-order valence-electron chi connectivity index (χ0n) is 15.8. The van der Waals surface area contributed by atoms with Crippen molar-refractivity contribution >= 4 is 15.5 Å². The number of benzene rings is 3. The van der Waals surface area contributed by atoms with Crippen molar-refractivity contribution in [2.75, 3.05) is 10.7 Å². The molecule has 0 saturated carbocycles. The summed E-state index contributed by atoms with van der Waals surface area (Å²) in [6.07, 6.45) is 3.25. The van der Waals surface area contributed by atoms with Crippen LogP contribution in [-0.2, 0) is 9.84 Å². The van der Waals surface area contributed by atoms with Crippen LogP contribution in [0.5, 0.6) is 5.75 Å². The standard InChI is InChI=1S/C23H20FNO3S/c1-16-20-8-2-3-9-21(20)22-11-10-17(24)14-23(22)25(16)12-5-13-29(27,28)19-7-4-6-18(26)15-19/h2-12,14-16,26H,13H2,1H3. The number of hydrogen-bond acceptors (Lipinski definition) is 4. The molecule has 1 aliphatic heterocycles. The fourth-order valence-electron chi connectivity index (χ4n) is 3.68. The van der Waals surface area contributed by atoms with Gasteiger partial charge in [0.25, 0.3) is 0 Å². The van der Waals surface area contributed by atoms with Crippen LogP contribution < -0.4 is 4.90 Å². The highest BCUT2D eigenvalue weighted by atomic mass is 32.2. The molecule has 148 valence electrons. The second-order valence-corrected chi connectivity index (χ2v) is 9.03. The smallest absolute Gasteiger partial charge is 0.182 e. The van der Waals surface area contributed by atoms with E-state index in [1.807, 2.05) is 36.1 Å². The van der Waals surface area contributed by atoms with Crippen molar-refractivity contribution in [1.82, 2.24) is 0 Å². The summed E-state index contributed by atoms with van der Waals surface area (Å²) in [6, 6.07) is 18.1. The van der Waals surface area contributed by atoms with Crippen molar-refractivity contribution in [3.63, 3.8) is 0 Å². The number of sulfone groups is 1. The van der Waals surface area contributed by atoms with Crippen LogP contribution in [0.1, 0.15) is 18.5 Å². The molecule has 0 aliphatic carbocycles. The van der Waals surface area contributed by atoms with Gasteiger partial charge in [0, 0.05) is 11.8 Å². The van der Waals surface area contributed by atoms with Crippen LogP contribution in [-0.4, -0.2) is 19.3 Å². The van der Waals surface area contributed by atoms with E-state index in [4.69, 9.17) is 0 Å². The number of rotatable bonds is 4. The van der Waals surface area contributed by atoms with Gasteiger partial charge in [-0.05, 0) is 54.4 Å². The Morgan fingerprint density at radius 1 is 1.03 bits per heavy atom. The summed E-state index contributed by atoms with van der Waals surface area (Å²) >= 11 is 0. The zero-order valence-corrected chi connectivity index (χ0v) is 16.6. The molecule has 3 aromatic rings. The molecule has 0 aromatic heterocycles. The van der Waals surface area contributed by atoms with Gasteiger partial charge in [0.1, 0.15) is 11.6 Å². The highest BCUT2D eigenvalue weighted by Gasteiger charge is 2.27. The Morgan fingerprint density at radius 3 is 2.62 bits per heavy atom. The van der Waals surface area contributed by atoms with Crippen LogP contribution in [0.4, 0.5) is 10.1 Å². The van der Waals surface area contributed by atoms with Gasteiger partial charge in [-0.1, -0.05) is 36.4 Å². The molecule has 0 amide bonds. The molecule has 0 fully saturated rings. The minimum absolute atomic E-state index is 0.0608. The quantitative estimate of drug-likeness (QED) is 0.654. The van der Waals surface area contributed by atoms with Crippen molar-refractivity contribution in [2.24, 2.45) is 0 Å². The Morgan fingerprint density at radius 2 is 1.83 bits per heavy atom. The van der Waals surface area contributed by atoms with Crippen LogP contribution in [0.2, 0.25) is 0 Å². The summed E-state index contributed by atoms with van der Waals surface area (Å²) in [4.78, 5) is 1.95. The number of anilines is 1. The van der Waals surface area contributed by atoms with Gasteiger partial charge in [0.15, 0.2) is 9.84 Å². The molecular formula is C23H20FNO3S. The Labute approximate surface area is 169 Å². The third-order valence-corrected chi connectivity index (χ3v) is 6.72. The first-order valence-corrected chi connectivity index (χ1v) is 10.9. The monoisotopic (exact) mass is 409 g/mol. The van der Waals surface area contributed by atoms with Gasteiger partial charge in [-0.15, -0.1) is 0 Å². The van der Waals surface area contributed by atoms with Crippen molar-refractivity contribution < 1.29 is 17.9 Å². The number of fused-ring (bicyclic) bond motifs is 3. The SMILES string of the molecule is CC1c2ccccc2-c2ccc(F)cc2N1C=CCS(=O)(=O)c1cccc(O)c1. The zero-order chi connectivity index (χ0) is 20.6. The predicted molar refractivity (Wildman–Crippen MR) is 112 cm³/mol. The molecule has 4 nitrogen and oxygen atoms in total. The molecule has 0 saturated heterocycles. The Hall–Kier alpha value is -3.12. The van der Waals surface area contributed by atoms with E-state index >= 15 is 0 Å². The molecule has 1 unspecified atom stereocenters. The summed E-state index contributed by atoms with van der Waals surface area (Å²) in [5.41, 5.74) is 3.74. The largest absolute Gasteiger partial charge is 0.508 e. The van der Waals surface area contributed by atoms with Gasteiger partial charge in [-0.25, -0.2) is 12.8 Å². The third-order valence-electron chi connectivity index (χ3n) is 5.11. The Balaban J connectivity index is 1.68. The van der Waals surface area contributed by atoms with Gasteiger partial charge < -0.3 is 10.0 Å². The maximum atomic E-state index is 14.0. The Kier molecular flexibility index (Phi) is 4.88. The predicted octanol–water partition coefficient (Wildman–Crippen LogP) is 5.07. The third kappa shape index (κ3) is 3.63. The summed E-state index contributed by atoms with van der Waals surface area (Å²) in [6.45, 7) is 2.00. The van der Waals surface area contributed by atoms with Crippen molar-refractivity contribution in [2.45, 2.75) is 17.9 Å². The van der Waals surface area contributed by atoms with Crippen molar-refractivity contribution in [3.05, 3.63) is 90.4 Å². The first-order valence-electron chi connectivity index (χ1n) is 9.22. The van der Waals surface area contributed by atoms with Gasteiger partial charge in [0.05, 0.1) is 22.4 Å². The van der Waals surface area contributed by atoms with Crippen LogP contribution >= 0.6 is 0 Å². The minimum Gasteiger partial charge on any atom is -0.508 e. The second kappa shape index (κ2) is 7.37. The highest BCUT2D eigenvalue weighted by Crippen LogP contribution is 2.44. The molecule has 0 spiro atoms. The van der Waals surface area contributed by atoms with E-state index in [1.165, 1.54) is 36.4 Å². The number of hydrogen-bond donors (Lipinski definition) is 1. The molecule has 1 N–H and O–H groups in total. The molecule has 6 heteroatoms. The van der Waals surface area contributed by atoms with Crippen LogP contribution in [0.15, 0.2) is 83.9 Å². The number of phenols is 1. The summed E-state index contributed by atoms with van der Waals surface area (Å²) in [5.74, 6) is -0.673. The molecule has 0 radical (unpaired) electrons. The van der Waals surface area contributed by atoms with E-state index in [9.17, 15) is 17.9 Å². The van der Waals surface area contributed by atoms with E-state index in [0.29, 0.717) is 5.69 Å². The van der Waals surface area contributed by atoms with Crippen LogP contribution in [0.25, 0.3) is 11.1 Å². The minimum atomic E-state index is -3.59. The normalized spacial score (nSPS) is 15.9. The van der Waals surface area contributed by atoms with Gasteiger partial charge in [0.2, 0.25) is 0 Å². The average molecular weight is 409 g/mol. The van der Waals surface area contributed by atoms with Gasteiger partial charge in [-0.3, -0.25) is 0 Å². The van der Waals surface area contributed by atoms with Gasteiger partial charge >= 0.3 is 0 Å². The number of aromatic hydroxyl groups is 1. The molecule has 1 heterocycles. The first kappa shape index (κ1) is 19.2. The molecule has 4 rings (SSSR count). The number of nitrogens with zero attached hydrogens (tertiary/aromatic N) is 1. The van der Waals surface area contributed by atoms with E-state index in [2.05, 4.69) is 0 Å².